The van der Waals surface area contributed by atoms with Gasteiger partial charge in [-0.25, -0.2) is 0 Å². The number of hydrogen-bond acceptors (Lipinski definition) is 2. The Bertz CT molecular complexity index is 629. The minimum Gasteiger partial charge on any atom is -0.435 e. The highest BCUT2D eigenvalue weighted by Gasteiger charge is 2.14. The quantitative estimate of drug-likeness (QED) is 0.895. The molecule has 2 N–H and O–H groups in total. The third-order valence-electron chi connectivity index (χ3n) is 3.41. The molecule has 0 spiro atoms. The van der Waals surface area contributed by atoms with Crippen molar-refractivity contribution >= 4 is 11.6 Å². The maximum atomic E-state index is 12.1. The second-order valence-electron chi connectivity index (χ2n) is 4.88. The molecule has 0 aliphatic heterocycles. The molecule has 2 aromatic rings. The summed E-state index contributed by atoms with van der Waals surface area (Å²) in [5.74, 6) is 0.104. The molecule has 21 heavy (non-hydrogen) atoms. The van der Waals surface area contributed by atoms with Crippen LogP contribution in [0.1, 0.15) is 28.3 Å². The molecule has 112 valence electrons. The molecule has 2 nitrogen and oxygen atoms in total. The molecule has 1 atom stereocenters. The molecule has 0 aromatic heterocycles. The Morgan fingerprint density at radius 3 is 2.19 bits per heavy atom. The zero-order valence-electron chi connectivity index (χ0n) is 11.7. The van der Waals surface area contributed by atoms with Crippen LogP contribution >= 0.6 is 11.6 Å². The molecule has 1 unspecified atom stereocenters. The van der Waals surface area contributed by atoms with Gasteiger partial charge in [0.05, 0.1) is 6.04 Å². The Morgan fingerprint density at radius 2 is 1.62 bits per heavy atom. The van der Waals surface area contributed by atoms with Crippen LogP contribution in [0.3, 0.4) is 0 Å². The summed E-state index contributed by atoms with van der Waals surface area (Å²) >= 11 is 6.24. The first kappa shape index (κ1) is 15.7. The second-order valence-corrected chi connectivity index (χ2v) is 5.29. The van der Waals surface area contributed by atoms with Crippen LogP contribution in [0.15, 0.2) is 36.4 Å². The number of halogens is 3. The first-order valence-corrected chi connectivity index (χ1v) is 6.83. The molecule has 2 rings (SSSR count). The molecular weight excluding hydrogens is 296 g/mol. The standard InChI is InChI=1S/C16H16ClF2NO/c1-9-7-13(14(17)8-10(9)2)15(20)11-3-5-12(6-4-11)21-16(18)19/h3-8,15-16H,20H2,1-2H3. The highest BCUT2D eigenvalue weighted by Crippen LogP contribution is 2.30. The lowest BCUT2D eigenvalue weighted by Gasteiger charge is -2.16. The van der Waals surface area contributed by atoms with E-state index in [2.05, 4.69) is 4.74 Å². The number of hydrogen-bond donors (Lipinski definition) is 1. The first-order chi connectivity index (χ1) is 9.88. The van der Waals surface area contributed by atoms with Gasteiger partial charge in [0.15, 0.2) is 0 Å². The fourth-order valence-electron chi connectivity index (χ4n) is 2.08. The minimum atomic E-state index is -2.83. The van der Waals surface area contributed by atoms with Crippen molar-refractivity contribution in [3.8, 4) is 5.75 Å². The van der Waals surface area contributed by atoms with Gasteiger partial charge in [-0.05, 0) is 54.3 Å². The molecule has 5 heteroatoms. The lowest BCUT2D eigenvalue weighted by molar-refractivity contribution is -0.0498. The van der Waals surface area contributed by atoms with Crippen molar-refractivity contribution in [1.82, 2.24) is 0 Å². The van der Waals surface area contributed by atoms with Crippen molar-refractivity contribution in [2.24, 2.45) is 5.73 Å². The van der Waals surface area contributed by atoms with Crippen LogP contribution in [0.4, 0.5) is 8.78 Å². The molecule has 0 fully saturated rings. The van der Waals surface area contributed by atoms with Crippen LogP contribution in [0.2, 0.25) is 5.02 Å². The molecule has 0 amide bonds. The first-order valence-electron chi connectivity index (χ1n) is 6.45. The van der Waals surface area contributed by atoms with Gasteiger partial charge in [0, 0.05) is 5.02 Å². The van der Waals surface area contributed by atoms with Gasteiger partial charge in [0.25, 0.3) is 0 Å². The third-order valence-corrected chi connectivity index (χ3v) is 3.74. The Hall–Kier alpha value is -1.65. The topological polar surface area (TPSA) is 35.2 Å². The highest BCUT2D eigenvalue weighted by atomic mass is 35.5. The van der Waals surface area contributed by atoms with Crippen LogP contribution in [0, 0.1) is 13.8 Å². The van der Waals surface area contributed by atoms with Crippen molar-refractivity contribution in [3.63, 3.8) is 0 Å². The predicted octanol–water partition coefficient (Wildman–Crippen LogP) is 4.61. The Labute approximate surface area is 127 Å². The van der Waals surface area contributed by atoms with Gasteiger partial charge in [-0.2, -0.15) is 8.78 Å². The Kier molecular flexibility index (Phi) is 4.80. The highest BCUT2D eigenvalue weighted by molar-refractivity contribution is 6.31. The van der Waals surface area contributed by atoms with E-state index < -0.39 is 12.7 Å². The van der Waals surface area contributed by atoms with Crippen molar-refractivity contribution in [2.45, 2.75) is 26.5 Å². The van der Waals surface area contributed by atoms with E-state index in [4.69, 9.17) is 17.3 Å². The van der Waals surface area contributed by atoms with E-state index in [1.165, 1.54) is 12.1 Å². The molecule has 0 bridgehead atoms. The lowest BCUT2D eigenvalue weighted by atomic mass is 9.96. The van der Waals surface area contributed by atoms with Crippen LogP contribution in [-0.4, -0.2) is 6.61 Å². The zero-order valence-corrected chi connectivity index (χ0v) is 12.5. The summed E-state index contributed by atoms with van der Waals surface area (Å²) in [5, 5.41) is 0.596. The van der Waals surface area contributed by atoms with E-state index in [1.54, 1.807) is 12.1 Å². The van der Waals surface area contributed by atoms with Gasteiger partial charge in [-0.3, -0.25) is 0 Å². The minimum absolute atomic E-state index is 0.104. The molecule has 0 saturated carbocycles. The largest absolute Gasteiger partial charge is 0.435 e. The number of alkyl halides is 2. The van der Waals surface area contributed by atoms with Crippen LogP contribution in [0.5, 0.6) is 5.75 Å². The SMILES string of the molecule is Cc1cc(Cl)c(C(N)c2ccc(OC(F)F)cc2)cc1C. The van der Waals surface area contributed by atoms with Gasteiger partial charge in [-0.15, -0.1) is 0 Å². The average molecular weight is 312 g/mol. The van der Waals surface area contributed by atoms with E-state index in [1.807, 2.05) is 26.0 Å². The van der Waals surface area contributed by atoms with E-state index in [0.717, 1.165) is 22.3 Å². The molecule has 0 saturated heterocycles. The van der Waals surface area contributed by atoms with E-state index in [-0.39, 0.29) is 5.75 Å². The summed E-state index contributed by atoms with van der Waals surface area (Å²) in [6, 6.07) is 9.66. The summed E-state index contributed by atoms with van der Waals surface area (Å²) in [7, 11) is 0. The number of rotatable bonds is 4. The van der Waals surface area contributed by atoms with Crippen molar-refractivity contribution in [2.75, 3.05) is 0 Å². The fourth-order valence-corrected chi connectivity index (χ4v) is 2.41. The van der Waals surface area contributed by atoms with E-state index in [9.17, 15) is 8.78 Å². The summed E-state index contributed by atoms with van der Waals surface area (Å²) in [5.41, 5.74) is 9.99. The van der Waals surface area contributed by atoms with Crippen molar-refractivity contribution in [1.29, 1.82) is 0 Å². The zero-order chi connectivity index (χ0) is 15.6. The Balaban J connectivity index is 2.27. The number of nitrogens with two attached hydrogens (primary N) is 1. The van der Waals surface area contributed by atoms with Gasteiger partial charge in [0.1, 0.15) is 5.75 Å². The van der Waals surface area contributed by atoms with Gasteiger partial charge >= 0.3 is 6.61 Å². The summed E-state index contributed by atoms with van der Waals surface area (Å²) in [4.78, 5) is 0. The summed E-state index contributed by atoms with van der Waals surface area (Å²) < 4.78 is 28.5. The normalized spacial score (nSPS) is 12.5. The van der Waals surface area contributed by atoms with Crippen molar-refractivity contribution in [3.05, 3.63) is 63.7 Å². The van der Waals surface area contributed by atoms with Gasteiger partial charge < -0.3 is 10.5 Å². The number of aryl methyl sites for hydroxylation is 2. The third kappa shape index (κ3) is 3.71. The smallest absolute Gasteiger partial charge is 0.387 e. The van der Waals surface area contributed by atoms with Gasteiger partial charge in [-0.1, -0.05) is 29.8 Å². The van der Waals surface area contributed by atoms with E-state index in [0.29, 0.717) is 5.02 Å². The molecular formula is C16H16ClF2NO. The van der Waals surface area contributed by atoms with Crippen molar-refractivity contribution < 1.29 is 13.5 Å². The molecule has 0 heterocycles. The van der Waals surface area contributed by atoms with E-state index >= 15 is 0 Å². The van der Waals surface area contributed by atoms with Crippen LogP contribution in [-0.2, 0) is 0 Å². The predicted molar refractivity (Wildman–Crippen MR) is 80.0 cm³/mol. The summed E-state index contributed by atoms with van der Waals surface area (Å²) in [6.45, 7) is 1.13. The number of benzene rings is 2. The van der Waals surface area contributed by atoms with Gasteiger partial charge in [0.2, 0.25) is 0 Å². The average Bonchev–Trinajstić information content (AvgIpc) is 2.42. The van der Waals surface area contributed by atoms with Crippen LogP contribution in [0.25, 0.3) is 0 Å². The van der Waals surface area contributed by atoms with Crippen LogP contribution < -0.4 is 10.5 Å². The molecule has 0 radical (unpaired) electrons. The monoisotopic (exact) mass is 311 g/mol. The number of ether oxygens (including phenoxy) is 1. The second kappa shape index (κ2) is 6.41. The molecule has 2 aromatic carbocycles. The molecule has 0 aliphatic carbocycles. The lowest BCUT2D eigenvalue weighted by Crippen LogP contribution is -2.13. The summed E-state index contributed by atoms with van der Waals surface area (Å²) in [6.07, 6.45) is 0. The fraction of sp³-hybridized carbons (Fsp3) is 0.250. The maximum Gasteiger partial charge on any atom is 0.387 e. The molecule has 0 aliphatic rings. The Morgan fingerprint density at radius 1 is 1.05 bits per heavy atom. The maximum absolute atomic E-state index is 12.1.